The summed E-state index contributed by atoms with van der Waals surface area (Å²) in [7, 11) is 0. The number of nitrogens with zero attached hydrogens (tertiary/aromatic N) is 2. The third kappa shape index (κ3) is 7.46. The maximum absolute atomic E-state index is 12.2. The predicted molar refractivity (Wildman–Crippen MR) is 121 cm³/mol. The van der Waals surface area contributed by atoms with E-state index in [-0.39, 0.29) is 63.6 Å². The molecule has 0 bridgehead atoms. The van der Waals surface area contributed by atoms with Crippen molar-refractivity contribution in [1.82, 2.24) is 9.78 Å². The first kappa shape index (κ1) is 24.0. The number of carbonyl (C=O) groups excluding carboxylic acids is 1. The number of nitrogens with one attached hydrogen (secondary N) is 1. The van der Waals surface area contributed by atoms with Crippen LogP contribution in [0.15, 0.2) is 70.2 Å². The number of aromatic carboxylic acids is 1. The molecule has 1 amide bonds. The van der Waals surface area contributed by atoms with Gasteiger partial charge in [0.15, 0.2) is 5.69 Å². The van der Waals surface area contributed by atoms with Gasteiger partial charge in [-0.3, -0.25) is 9.48 Å². The molecule has 0 spiro atoms. The molecule has 0 unspecified atom stereocenters. The van der Waals surface area contributed by atoms with Crippen LogP contribution in [0.1, 0.15) is 18.9 Å². The van der Waals surface area contributed by atoms with E-state index < -0.39 is 5.97 Å². The van der Waals surface area contributed by atoms with Gasteiger partial charge in [-0.15, -0.1) is 11.8 Å². The van der Waals surface area contributed by atoms with Crippen molar-refractivity contribution < 1.29 is 17.5 Å². The fourth-order valence-corrected chi connectivity index (χ4v) is 3.50. The van der Waals surface area contributed by atoms with Gasteiger partial charge in [0.25, 0.3) is 0 Å². The predicted octanol–water partition coefficient (Wildman–Crippen LogP) is 4.16. The minimum Gasteiger partial charge on any atom is -1.00 e. The molecule has 3 aromatic rings. The standard InChI is InChI=1S/C20H18BrN3O3S.Ca.2H/c21-15-6-8-16(9-7-15)28-13-18(25)22-17-12-24(23-19(17)20(26)27)11-10-14-4-2-1-3-5-14;;;/h1-9,12H,10-11,13H2,(H,22,25)(H,26,27);;;/q;+2;2*-1. The first-order valence-corrected chi connectivity index (χ1v) is 10.3. The monoisotopic (exact) mass is 501 g/mol. The number of amides is 1. The normalized spacial score (nSPS) is 10.2. The van der Waals surface area contributed by atoms with Crippen molar-refractivity contribution in [3.8, 4) is 0 Å². The Morgan fingerprint density at radius 3 is 2.48 bits per heavy atom. The second-order valence-electron chi connectivity index (χ2n) is 5.99. The van der Waals surface area contributed by atoms with Gasteiger partial charge in [-0.1, -0.05) is 46.3 Å². The Morgan fingerprint density at radius 1 is 1.14 bits per heavy atom. The van der Waals surface area contributed by atoms with Crippen LogP contribution in [0.4, 0.5) is 5.69 Å². The number of rotatable bonds is 8. The first-order valence-electron chi connectivity index (χ1n) is 8.54. The molecule has 29 heavy (non-hydrogen) atoms. The zero-order chi connectivity index (χ0) is 19.9. The summed E-state index contributed by atoms with van der Waals surface area (Å²) in [6, 6.07) is 17.5. The number of carbonyl (C=O) groups is 2. The number of aryl methyl sites for hydroxylation is 2. The molecular weight excluding hydrogens is 482 g/mol. The first-order chi connectivity index (χ1) is 13.5. The fraction of sp³-hybridized carbons (Fsp3) is 0.150. The van der Waals surface area contributed by atoms with Crippen molar-refractivity contribution in [2.75, 3.05) is 11.1 Å². The maximum Gasteiger partial charge on any atom is 2.00 e. The van der Waals surface area contributed by atoms with E-state index >= 15 is 0 Å². The molecule has 1 aromatic heterocycles. The number of halogens is 1. The minimum absolute atomic E-state index is 0. The van der Waals surface area contributed by atoms with E-state index in [9.17, 15) is 14.7 Å². The number of thioether (sulfide) groups is 1. The summed E-state index contributed by atoms with van der Waals surface area (Å²) in [5.74, 6) is -1.28. The van der Waals surface area contributed by atoms with Crippen LogP contribution in [0.3, 0.4) is 0 Å². The summed E-state index contributed by atoms with van der Waals surface area (Å²) < 4.78 is 2.52. The molecule has 0 aliphatic carbocycles. The van der Waals surface area contributed by atoms with Crippen molar-refractivity contribution >= 4 is 83.0 Å². The van der Waals surface area contributed by atoms with Gasteiger partial charge in [-0.05, 0) is 36.2 Å². The van der Waals surface area contributed by atoms with Crippen molar-refractivity contribution in [3.05, 3.63) is 76.5 Å². The van der Waals surface area contributed by atoms with Gasteiger partial charge in [0.2, 0.25) is 5.91 Å². The Balaban J connectivity index is 0.00000300. The van der Waals surface area contributed by atoms with Crippen LogP contribution in [-0.2, 0) is 17.8 Å². The second-order valence-corrected chi connectivity index (χ2v) is 7.95. The summed E-state index contributed by atoms with van der Waals surface area (Å²) in [6.07, 6.45) is 2.28. The van der Waals surface area contributed by atoms with Crippen molar-refractivity contribution in [2.45, 2.75) is 17.9 Å². The quantitative estimate of drug-likeness (QED) is 0.357. The molecular formula is C20H20BrCaN3O3S. The molecule has 0 atom stereocenters. The summed E-state index contributed by atoms with van der Waals surface area (Å²) >= 11 is 4.75. The third-order valence-electron chi connectivity index (χ3n) is 3.89. The Bertz CT molecular complexity index is 976. The van der Waals surface area contributed by atoms with Gasteiger partial charge < -0.3 is 13.3 Å². The van der Waals surface area contributed by atoms with E-state index in [0.717, 1.165) is 14.9 Å². The molecule has 148 valence electrons. The van der Waals surface area contributed by atoms with Crippen LogP contribution in [0, 0.1) is 0 Å². The van der Waals surface area contributed by atoms with E-state index in [4.69, 9.17) is 0 Å². The summed E-state index contributed by atoms with van der Waals surface area (Å²) in [5.41, 5.74) is 1.18. The van der Waals surface area contributed by atoms with E-state index in [1.807, 2.05) is 54.6 Å². The van der Waals surface area contributed by atoms with E-state index in [1.165, 1.54) is 11.8 Å². The molecule has 0 saturated carbocycles. The molecule has 3 rings (SSSR count). The Kier molecular flexibility index (Phi) is 9.71. The molecule has 2 N–H and O–H groups in total. The van der Waals surface area contributed by atoms with Gasteiger partial charge in [-0.25, -0.2) is 4.79 Å². The number of aromatic nitrogens is 2. The Morgan fingerprint density at radius 2 is 1.83 bits per heavy atom. The van der Waals surface area contributed by atoms with Gasteiger partial charge in [0.05, 0.1) is 11.4 Å². The fourth-order valence-electron chi connectivity index (χ4n) is 2.54. The largest absolute Gasteiger partial charge is 2.00 e. The Labute approximate surface area is 214 Å². The summed E-state index contributed by atoms with van der Waals surface area (Å²) in [4.78, 5) is 24.7. The van der Waals surface area contributed by atoms with Crippen LogP contribution < -0.4 is 5.32 Å². The van der Waals surface area contributed by atoms with Gasteiger partial charge in [0, 0.05) is 22.1 Å². The van der Waals surface area contributed by atoms with Gasteiger partial charge in [-0.2, -0.15) is 5.10 Å². The average Bonchev–Trinajstić information content (AvgIpc) is 3.10. The van der Waals surface area contributed by atoms with Crippen LogP contribution in [-0.4, -0.2) is 70.3 Å². The number of carboxylic acid groups (broad SMARTS) is 1. The van der Waals surface area contributed by atoms with E-state index in [2.05, 4.69) is 26.3 Å². The molecule has 9 heteroatoms. The van der Waals surface area contributed by atoms with Gasteiger partial charge in [0.1, 0.15) is 0 Å². The topological polar surface area (TPSA) is 84.2 Å². The summed E-state index contributed by atoms with van der Waals surface area (Å²) in [6.45, 7) is 0.522. The molecule has 0 radical (unpaired) electrons. The number of benzene rings is 2. The molecule has 0 aliphatic heterocycles. The molecule has 1 heterocycles. The number of carboxylic acids is 1. The van der Waals surface area contributed by atoms with Crippen LogP contribution in [0.5, 0.6) is 0 Å². The zero-order valence-corrected chi connectivity index (χ0v) is 20.2. The maximum atomic E-state index is 12.2. The molecule has 0 saturated heterocycles. The number of anilines is 1. The van der Waals surface area contributed by atoms with E-state index in [1.54, 1.807) is 10.9 Å². The molecule has 2 aromatic carbocycles. The van der Waals surface area contributed by atoms with Crippen molar-refractivity contribution in [1.29, 1.82) is 0 Å². The molecule has 0 fully saturated rings. The minimum atomic E-state index is -1.17. The molecule has 6 nitrogen and oxygen atoms in total. The Hall–Kier alpha value is -1.32. The summed E-state index contributed by atoms with van der Waals surface area (Å²) in [5, 5.41) is 16.1. The van der Waals surface area contributed by atoms with E-state index in [0.29, 0.717) is 13.0 Å². The van der Waals surface area contributed by atoms with Crippen molar-refractivity contribution in [2.24, 2.45) is 0 Å². The number of hydrogen-bond acceptors (Lipinski definition) is 4. The zero-order valence-electron chi connectivity index (χ0n) is 17.5. The second kappa shape index (κ2) is 11.8. The SMILES string of the molecule is O=C(CSc1ccc(Br)cc1)Nc1cn(CCc2ccccc2)nc1C(=O)O.[Ca+2].[H-].[H-]. The van der Waals surface area contributed by atoms with Gasteiger partial charge >= 0.3 is 43.7 Å². The number of hydrogen-bond donors (Lipinski definition) is 2. The van der Waals surface area contributed by atoms with Crippen LogP contribution in [0.2, 0.25) is 0 Å². The van der Waals surface area contributed by atoms with Crippen molar-refractivity contribution in [3.63, 3.8) is 0 Å². The smallest absolute Gasteiger partial charge is 1.00 e. The third-order valence-corrected chi connectivity index (χ3v) is 5.44. The average molecular weight is 502 g/mol. The molecule has 0 aliphatic rings. The van der Waals surface area contributed by atoms with Crippen LogP contribution in [0.25, 0.3) is 0 Å². The van der Waals surface area contributed by atoms with Crippen LogP contribution >= 0.6 is 27.7 Å².